The lowest BCUT2D eigenvalue weighted by Gasteiger charge is -2.28. The number of fused-ring (bicyclic) bond motifs is 2. The normalized spacial score (nSPS) is 19.9. The molecule has 4 heteroatoms. The van der Waals surface area contributed by atoms with Crippen molar-refractivity contribution in [1.29, 1.82) is 0 Å². The molecule has 4 rings (SSSR count). The van der Waals surface area contributed by atoms with Gasteiger partial charge in [-0.3, -0.25) is 9.98 Å². The Labute approximate surface area is 145 Å². The van der Waals surface area contributed by atoms with Crippen molar-refractivity contribution in [3.63, 3.8) is 0 Å². The Morgan fingerprint density at radius 3 is 2.71 bits per heavy atom. The van der Waals surface area contributed by atoms with Crippen molar-refractivity contribution in [3.8, 4) is 0 Å². The van der Waals surface area contributed by atoms with Crippen molar-refractivity contribution < 1.29 is 4.39 Å². The molecule has 3 aromatic rings. The van der Waals surface area contributed by atoms with Gasteiger partial charge in [0.2, 0.25) is 0 Å². The fourth-order valence-electron chi connectivity index (χ4n) is 3.32. The van der Waals surface area contributed by atoms with Gasteiger partial charge in [0.1, 0.15) is 11.3 Å². The lowest BCUT2D eigenvalue weighted by Crippen LogP contribution is -2.23. The molecule has 1 aliphatic rings. The van der Waals surface area contributed by atoms with Gasteiger partial charge in [-0.25, -0.2) is 4.39 Å². The lowest BCUT2D eigenvalue weighted by atomic mass is 9.84. The first-order valence-electron chi connectivity index (χ1n) is 7.97. The number of aromatic nitrogens is 1. The number of hydrogen-bond acceptors (Lipinski definition) is 2. The van der Waals surface area contributed by atoms with Crippen LogP contribution in [0.3, 0.4) is 0 Å². The summed E-state index contributed by atoms with van der Waals surface area (Å²) >= 11 is 6.45. The van der Waals surface area contributed by atoms with Crippen LogP contribution >= 0.6 is 11.6 Å². The van der Waals surface area contributed by atoms with Gasteiger partial charge >= 0.3 is 0 Å². The highest BCUT2D eigenvalue weighted by molar-refractivity contribution is 6.32. The van der Waals surface area contributed by atoms with Gasteiger partial charge in [0.05, 0.1) is 11.8 Å². The van der Waals surface area contributed by atoms with Gasteiger partial charge in [0, 0.05) is 33.7 Å². The second kappa shape index (κ2) is 5.67. The molecule has 0 unspecified atom stereocenters. The molecule has 0 saturated heterocycles. The van der Waals surface area contributed by atoms with Crippen molar-refractivity contribution in [2.45, 2.75) is 25.8 Å². The van der Waals surface area contributed by atoms with Gasteiger partial charge in [-0.15, -0.1) is 0 Å². The van der Waals surface area contributed by atoms with Crippen LogP contribution in [0.4, 0.5) is 4.39 Å². The van der Waals surface area contributed by atoms with Crippen LogP contribution in [-0.4, -0.2) is 16.7 Å². The number of rotatable bonds is 1. The number of benzene rings is 2. The third-order valence-corrected chi connectivity index (χ3v) is 5.08. The summed E-state index contributed by atoms with van der Waals surface area (Å²) in [7, 11) is 0. The first-order valence-corrected chi connectivity index (χ1v) is 8.35. The lowest BCUT2D eigenvalue weighted by molar-refractivity contribution is 0.605. The zero-order valence-electron chi connectivity index (χ0n) is 13.4. The fourth-order valence-corrected chi connectivity index (χ4v) is 3.66. The van der Waals surface area contributed by atoms with Gasteiger partial charge in [0.25, 0.3) is 0 Å². The standard InChI is InChI=1S/C20H16ClFN2/c1-11-12(2)24-19(15-6-4-7-16(21)18(11)15)14-9-13-5-3-8-17(22)20(13)23-10-14/h3-12H,1-2H3/t11-,12+/m1/s1. The van der Waals surface area contributed by atoms with Crippen molar-refractivity contribution in [2.75, 3.05) is 0 Å². The smallest absolute Gasteiger partial charge is 0.149 e. The minimum atomic E-state index is -0.310. The minimum Gasteiger partial charge on any atom is -0.280 e. The highest BCUT2D eigenvalue weighted by Crippen LogP contribution is 2.36. The Balaban J connectivity index is 1.94. The first kappa shape index (κ1) is 15.3. The van der Waals surface area contributed by atoms with E-state index in [-0.39, 0.29) is 17.8 Å². The largest absolute Gasteiger partial charge is 0.280 e. The quantitative estimate of drug-likeness (QED) is 0.585. The number of para-hydroxylation sites is 1. The second-order valence-electron chi connectivity index (χ2n) is 6.24. The van der Waals surface area contributed by atoms with Crippen molar-refractivity contribution in [1.82, 2.24) is 4.98 Å². The molecule has 120 valence electrons. The second-order valence-corrected chi connectivity index (χ2v) is 6.65. The van der Waals surface area contributed by atoms with Gasteiger partial charge in [0.15, 0.2) is 0 Å². The summed E-state index contributed by atoms with van der Waals surface area (Å²) in [5, 5.41) is 1.53. The van der Waals surface area contributed by atoms with E-state index in [4.69, 9.17) is 16.6 Å². The summed E-state index contributed by atoms with van der Waals surface area (Å²) in [5.41, 5.74) is 4.29. The molecule has 0 spiro atoms. The minimum absolute atomic E-state index is 0.121. The van der Waals surface area contributed by atoms with E-state index in [0.717, 1.165) is 32.8 Å². The predicted molar refractivity (Wildman–Crippen MR) is 96.7 cm³/mol. The average Bonchev–Trinajstić information content (AvgIpc) is 2.58. The molecule has 0 saturated carbocycles. The summed E-state index contributed by atoms with van der Waals surface area (Å²) < 4.78 is 13.9. The van der Waals surface area contributed by atoms with E-state index < -0.39 is 0 Å². The van der Waals surface area contributed by atoms with Gasteiger partial charge in [-0.05, 0) is 30.7 Å². The molecule has 0 fully saturated rings. The molecule has 24 heavy (non-hydrogen) atoms. The van der Waals surface area contributed by atoms with Crippen LogP contribution in [0.5, 0.6) is 0 Å². The molecule has 1 aromatic heterocycles. The summed E-state index contributed by atoms with van der Waals surface area (Å²) in [6, 6.07) is 12.9. The number of aliphatic imine (C=N–C) groups is 1. The molecule has 0 bridgehead atoms. The Kier molecular flexibility index (Phi) is 3.61. The molecule has 2 nitrogen and oxygen atoms in total. The number of nitrogens with zero attached hydrogens (tertiary/aromatic N) is 2. The highest BCUT2D eigenvalue weighted by Gasteiger charge is 2.28. The summed E-state index contributed by atoms with van der Waals surface area (Å²) in [5.74, 6) is -0.0571. The molecule has 2 aromatic carbocycles. The van der Waals surface area contributed by atoms with E-state index in [2.05, 4.69) is 18.8 Å². The fraction of sp³-hybridized carbons (Fsp3) is 0.200. The zero-order chi connectivity index (χ0) is 16.8. The molecular weight excluding hydrogens is 323 g/mol. The molecule has 2 atom stereocenters. The van der Waals surface area contributed by atoms with Gasteiger partial charge in [-0.2, -0.15) is 0 Å². The predicted octanol–water partition coefficient (Wildman–Crippen LogP) is 5.37. The first-order chi connectivity index (χ1) is 11.6. The Hall–Kier alpha value is -2.26. The van der Waals surface area contributed by atoms with Crippen molar-refractivity contribution in [2.24, 2.45) is 4.99 Å². The van der Waals surface area contributed by atoms with E-state index in [0.29, 0.717) is 5.52 Å². The molecule has 0 aliphatic carbocycles. The Morgan fingerprint density at radius 1 is 1.08 bits per heavy atom. The molecule has 0 radical (unpaired) electrons. The van der Waals surface area contributed by atoms with Gasteiger partial charge < -0.3 is 0 Å². The topological polar surface area (TPSA) is 25.2 Å². The number of halogens is 2. The SMILES string of the molecule is C[C@@H]1N=C(c2cnc3c(F)cccc3c2)c2cccc(Cl)c2[C@@H]1C. The summed E-state index contributed by atoms with van der Waals surface area (Å²) in [6.07, 6.45) is 1.69. The van der Waals surface area contributed by atoms with E-state index in [1.165, 1.54) is 6.07 Å². The van der Waals surface area contributed by atoms with Crippen molar-refractivity contribution >= 4 is 28.2 Å². The van der Waals surface area contributed by atoms with E-state index in [1.54, 1.807) is 12.3 Å². The number of hydrogen-bond donors (Lipinski definition) is 0. The van der Waals surface area contributed by atoms with E-state index in [1.807, 2.05) is 30.3 Å². The van der Waals surface area contributed by atoms with Crippen LogP contribution in [0.1, 0.15) is 36.5 Å². The van der Waals surface area contributed by atoms with E-state index in [9.17, 15) is 4.39 Å². The maximum absolute atomic E-state index is 13.9. The zero-order valence-corrected chi connectivity index (χ0v) is 14.2. The van der Waals surface area contributed by atoms with Crippen LogP contribution in [0.2, 0.25) is 5.02 Å². The maximum atomic E-state index is 13.9. The van der Waals surface area contributed by atoms with Gasteiger partial charge in [-0.1, -0.05) is 42.8 Å². The Bertz CT molecular complexity index is 981. The van der Waals surface area contributed by atoms with Crippen LogP contribution in [0.25, 0.3) is 10.9 Å². The van der Waals surface area contributed by atoms with Crippen LogP contribution in [0, 0.1) is 5.82 Å². The summed E-state index contributed by atoms with van der Waals surface area (Å²) in [6.45, 7) is 4.23. The monoisotopic (exact) mass is 338 g/mol. The highest BCUT2D eigenvalue weighted by atomic mass is 35.5. The number of pyridine rings is 1. The average molecular weight is 339 g/mol. The van der Waals surface area contributed by atoms with Crippen LogP contribution < -0.4 is 0 Å². The van der Waals surface area contributed by atoms with Crippen LogP contribution in [-0.2, 0) is 0 Å². The summed E-state index contributed by atoms with van der Waals surface area (Å²) in [4.78, 5) is 9.18. The molecular formula is C20H16ClFN2. The molecule has 0 N–H and O–H groups in total. The third-order valence-electron chi connectivity index (χ3n) is 4.75. The molecule has 1 aliphatic heterocycles. The van der Waals surface area contributed by atoms with Crippen molar-refractivity contribution in [3.05, 3.63) is 76.2 Å². The molecule has 2 heterocycles. The Morgan fingerprint density at radius 2 is 1.88 bits per heavy atom. The van der Waals surface area contributed by atoms with E-state index >= 15 is 0 Å². The van der Waals surface area contributed by atoms with Crippen LogP contribution in [0.15, 0.2) is 53.7 Å². The maximum Gasteiger partial charge on any atom is 0.149 e. The third kappa shape index (κ3) is 2.31. The molecule has 0 amide bonds.